The highest BCUT2D eigenvalue weighted by Gasteiger charge is 2.15. The van der Waals surface area contributed by atoms with Gasteiger partial charge in [-0.25, -0.2) is 14.6 Å². The van der Waals surface area contributed by atoms with Crippen LogP contribution in [0, 0.1) is 11.8 Å². The van der Waals surface area contributed by atoms with Crippen molar-refractivity contribution in [3.8, 4) is 17.6 Å². The molecule has 6 heteroatoms. The second-order valence-corrected chi connectivity index (χ2v) is 5.14. The molecule has 3 aromatic rings. The minimum atomic E-state index is 0.140. The number of phenols is 1. The summed E-state index contributed by atoms with van der Waals surface area (Å²) < 4.78 is 1.79. The molecule has 0 saturated carbocycles. The summed E-state index contributed by atoms with van der Waals surface area (Å²) in [4.78, 5) is 8.28. The number of phenolic OH excluding ortho intramolecular Hbond substituents is 1. The number of fused-ring (bicyclic) bond motifs is 1. The molecule has 0 unspecified atom stereocenters. The minimum absolute atomic E-state index is 0.140. The van der Waals surface area contributed by atoms with Gasteiger partial charge >= 0.3 is 0 Å². The van der Waals surface area contributed by atoms with E-state index >= 15 is 0 Å². The van der Waals surface area contributed by atoms with E-state index in [4.69, 9.17) is 5.73 Å². The predicted molar refractivity (Wildman–Crippen MR) is 84.2 cm³/mol. The highest BCUT2D eigenvalue weighted by molar-refractivity contribution is 5.90. The standard InChI is InChI=1S/C16H15N5O/c1-10(2)21-16-14(15(17)18-9-19-16)13(20-21)8-5-11-3-6-12(22)7-4-11/h3-4,6-7,9-10,22H,1-2H3,(H2,17,18,19). The first kappa shape index (κ1) is 13.9. The number of nitrogens with two attached hydrogens (primary N) is 1. The fraction of sp³-hybridized carbons (Fsp3) is 0.188. The number of nitrogens with zero attached hydrogens (tertiary/aromatic N) is 4. The first-order valence-electron chi connectivity index (χ1n) is 6.86. The Morgan fingerprint density at radius 2 is 1.86 bits per heavy atom. The van der Waals surface area contributed by atoms with E-state index < -0.39 is 0 Å². The van der Waals surface area contributed by atoms with Crippen molar-refractivity contribution in [1.29, 1.82) is 0 Å². The Hall–Kier alpha value is -3.07. The van der Waals surface area contributed by atoms with Gasteiger partial charge in [-0.05, 0) is 44.0 Å². The lowest BCUT2D eigenvalue weighted by Crippen LogP contribution is -2.04. The summed E-state index contributed by atoms with van der Waals surface area (Å²) in [5.74, 6) is 6.60. The molecule has 0 aliphatic heterocycles. The van der Waals surface area contributed by atoms with Crippen LogP contribution in [0.25, 0.3) is 11.0 Å². The lowest BCUT2D eigenvalue weighted by molar-refractivity contribution is 0.475. The van der Waals surface area contributed by atoms with Crippen molar-refractivity contribution in [3.05, 3.63) is 41.9 Å². The maximum atomic E-state index is 9.29. The number of hydrogen-bond acceptors (Lipinski definition) is 5. The molecule has 2 aromatic heterocycles. The summed E-state index contributed by atoms with van der Waals surface area (Å²) in [6.45, 7) is 4.03. The highest BCUT2D eigenvalue weighted by Crippen LogP contribution is 2.23. The molecule has 22 heavy (non-hydrogen) atoms. The quantitative estimate of drug-likeness (QED) is 0.671. The van der Waals surface area contributed by atoms with Crippen LogP contribution in [0.3, 0.4) is 0 Å². The first-order chi connectivity index (χ1) is 10.6. The summed E-state index contributed by atoms with van der Waals surface area (Å²) in [6.07, 6.45) is 1.43. The van der Waals surface area contributed by atoms with Crippen molar-refractivity contribution >= 4 is 16.9 Å². The lowest BCUT2D eigenvalue weighted by Gasteiger charge is -2.05. The molecule has 3 N–H and O–H groups in total. The summed E-state index contributed by atoms with van der Waals surface area (Å²) in [6, 6.07) is 6.80. The van der Waals surface area contributed by atoms with E-state index in [1.165, 1.54) is 6.33 Å². The number of nitrogen functional groups attached to an aromatic ring is 1. The van der Waals surface area contributed by atoms with Crippen LogP contribution in [-0.2, 0) is 0 Å². The SMILES string of the molecule is CC(C)n1nc(C#Cc2ccc(O)cc2)c2c(N)ncnc21. The fourth-order valence-corrected chi connectivity index (χ4v) is 2.12. The van der Waals surface area contributed by atoms with Crippen molar-refractivity contribution in [3.63, 3.8) is 0 Å². The van der Waals surface area contributed by atoms with Gasteiger partial charge in [0.25, 0.3) is 0 Å². The van der Waals surface area contributed by atoms with Crippen LogP contribution in [-0.4, -0.2) is 24.9 Å². The van der Waals surface area contributed by atoms with E-state index in [0.717, 1.165) is 5.56 Å². The van der Waals surface area contributed by atoms with Gasteiger partial charge in [-0.1, -0.05) is 5.92 Å². The molecule has 0 fully saturated rings. The number of rotatable bonds is 1. The maximum absolute atomic E-state index is 9.29. The Bertz CT molecular complexity index is 885. The van der Waals surface area contributed by atoms with Crippen LogP contribution in [0.5, 0.6) is 5.75 Å². The Morgan fingerprint density at radius 1 is 1.14 bits per heavy atom. The van der Waals surface area contributed by atoms with Crippen LogP contribution in [0.1, 0.15) is 31.1 Å². The molecule has 2 heterocycles. The second-order valence-electron chi connectivity index (χ2n) is 5.14. The molecule has 0 amide bonds. The van der Waals surface area contributed by atoms with Gasteiger partial charge in [-0.2, -0.15) is 5.10 Å². The van der Waals surface area contributed by atoms with Gasteiger partial charge < -0.3 is 10.8 Å². The Labute approximate surface area is 127 Å². The average molecular weight is 293 g/mol. The molecule has 0 aliphatic rings. The Morgan fingerprint density at radius 3 is 2.55 bits per heavy atom. The molecule has 0 aliphatic carbocycles. The number of aromatic hydroxyl groups is 1. The molecule has 1 aromatic carbocycles. The first-order valence-corrected chi connectivity index (χ1v) is 6.86. The molecule has 0 spiro atoms. The lowest BCUT2D eigenvalue weighted by atomic mass is 10.2. The number of hydrogen-bond donors (Lipinski definition) is 2. The van der Waals surface area contributed by atoms with Crippen LogP contribution < -0.4 is 5.73 Å². The largest absolute Gasteiger partial charge is 0.508 e. The predicted octanol–water partition coefficient (Wildman–Crippen LogP) is 2.09. The van der Waals surface area contributed by atoms with Crippen molar-refractivity contribution in [2.75, 3.05) is 5.73 Å². The fourth-order valence-electron chi connectivity index (χ4n) is 2.12. The molecule has 110 valence electrons. The zero-order valence-corrected chi connectivity index (χ0v) is 12.3. The van der Waals surface area contributed by atoms with Gasteiger partial charge in [-0.15, -0.1) is 0 Å². The summed E-state index contributed by atoms with van der Waals surface area (Å²) in [5, 5.41) is 14.4. The Kier molecular flexibility index (Phi) is 3.39. The van der Waals surface area contributed by atoms with Crippen molar-refractivity contribution in [2.45, 2.75) is 19.9 Å². The molecule has 0 bridgehead atoms. The minimum Gasteiger partial charge on any atom is -0.508 e. The van der Waals surface area contributed by atoms with Gasteiger partial charge in [0.15, 0.2) is 5.65 Å². The van der Waals surface area contributed by atoms with Crippen LogP contribution in [0.4, 0.5) is 5.82 Å². The average Bonchev–Trinajstić information content (AvgIpc) is 2.87. The zero-order chi connectivity index (χ0) is 15.7. The molecule has 0 saturated heterocycles. The van der Waals surface area contributed by atoms with Gasteiger partial charge in [0.1, 0.15) is 23.6 Å². The molecule has 0 atom stereocenters. The third kappa shape index (κ3) is 2.44. The third-order valence-electron chi connectivity index (χ3n) is 3.20. The van der Waals surface area contributed by atoms with Crippen molar-refractivity contribution in [2.24, 2.45) is 0 Å². The number of benzene rings is 1. The topological polar surface area (TPSA) is 89.8 Å². The molecule has 0 radical (unpaired) electrons. The van der Waals surface area contributed by atoms with Crippen LogP contribution >= 0.6 is 0 Å². The molecular formula is C16H15N5O. The monoisotopic (exact) mass is 293 g/mol. The van der Waals surface area contributed by atoms with Crippen LogP contribution in [0.15, 0.2) is 30.6 Å². The van der Waals surface area contributed by atoms with E-state index in [-0.39, 0.29) is 11.8 Å². The summed E-state index contributed by atoms with van der Waals surface area (Å²) in [5.41, 5.74) is 7.96. The van der Waals surface area contributed by atoms with Crippen molar-refractivity contribution in [1.82, 2.24) is 19.7 Å². The highest BCUT2D eigenvalue weighted by atomic mass is 16.3. The van der Waals surface area contributed by atoms with E-state index in [0.29, 0.717) is 22.5 Å². The van der Waals surface area contributed by atoms with Gasteiger partial charge in [0.05, 0.1) is 5.39 Å². The molecule has 3 rings (SSSR count). The van der Waals surface area contributed by atoms with Crippen LogP contribution in [0.2, 0.25) is 0 Å². The Balaban J connectivity index is 2.14. The number of aromatic nitrogens is 4. The second kappa shape index (κ2) is 5.37. The van der Waals surface area contributed by atoms with Crippen molar-refractivity contribution < 1.29 is 5.11 Å². The summed E-state index contributed by atoms with van der Waals surface area (Å²) in [7, 11) is 0. The van der Waals surface area contributed by atoms with E-state index in [9.17, 15) is 5.11 Å². The summed E-state index contributed by atoms with van der Waals surface area (Å²) >= 11 is 0. The maximum Gasteiger partial charge on any atom is 0.164 e. The zero-order valence-electron chi connectivity index (χ0n) is 12.3. The van der Waals surface area contributed by atoms with Gasteiger partial charge in [0, 0.05) is 11.6 Å². The molecular weight excluding hydrogens is 278 g/mol. The van der Waals surface area contributed by atoms with Gasteiger partial charge in [-0.3, -0.25) is 0 Å². The smallest absolute Gasteiger partial charge is 0.164 e. The van der Waals surface area contributed by atoms with E-state index in [1.54, 1.807) is 28.9 Å². The number of anilines is 1. The van der Waals surface area contributed by atoms with E-state index in [2.05, 4.69) is 26.9 Å². The molecule has 6 nitrogen and oxygen atoms in total. The van der Waals surface area contributed by atoms with Gasteiger partial charge in [0.2, 0.25) is 0 Å². The third-order valence-corrected chi connectivity index (χ3v) is 3.20. The van der Waals surface area contributed by atoms with E-state index in [1.807, 2.05) is 13.8 Å². The normalized spacial score (nSPS) is 10.7.